The predicted molar refractivity (Wildman–Crippen MR) is 152 cm³/mol. The van der Waals surface area contributed by atoms with Crippen molar-refractivity contribution < 1.29 is 27.4 Å². The van der Waals surface area contributed by atoms with E-state index in [1.807, 2.05) is 36.4 Å². The van der Waals surface area contributed by atoms with E-state index in [0.29, 0.717) is 47.8 Å². The molecule has 43 heavy (non-hydrogen) atoms. The Morgan fingerprint density at radius 1 is 0.814 bits per heavy atom. The van der Waals surface area contributed by atoms with E-state index >= 15 is 0 Å². The number of halogens is 3. The van der Waals surface area contributed by atoms with Crippen LogP contribution in [-0.2, 0) is 6.18 Å². The van der Waals surface area contributed by atoms with E-state index in [4.69, 9.17) is 9.47 Å². The standard InChI is InChI=1S/C32H26F3N5O3/c33-32(34,35)28-18-25(23-11-12-26-27(17-23)43-20-42-26)37-30-24(19-36-40(28)30)31(41)39-15-13-38(14-16-39)29(21-7-3-1-4-8-21)22-9-5-2-6-10-22/h1-12,17-19,29H,13-16,20H2. The Morgan fingerprint density at radius 2 is 1.47 bits per heavy atom. The fourth-order valence-corrected chi connectivity index (χ4v) is 5.76. The number of carbonyl (C=O) groups excluding carboxylic acids is 1. The molecule has 2 aromatic heterocycles. The number of fused-ring (bicyclic) bond motifs is 2. The Hall–Kier alpha value is -4.90. The number of piperazine rings is 1. The van der Waals surface area contributed by atoms with Crippen molar-refractivity contribution in [3.63, 3.8) is 0 Å². The molecule has 0 aliphatic carbocycles. The number of ether oxygens (including phenoxy) is 2. The largest absolute Gasteiger partial charge is 0.454 e. The molecule has 0 atom stereocenters. The fraction of sp³-hybridized carbons (Fsp3) is 0.219. The van der Waals surface area contributed by atoms with Gasteiger partial charge in [-0.05, 0) is 35.4 Å². The summed E-state index contributed by atoms with van der Waals surface area (Å²) in [5, 5.41) is 3.95. The second-order valence-corrected chi connectivity index (χ2v) is 10.4. The van der Waals surface area contributed by atoms with Crippen molar-refractivity contribution in [3.05, 3.63) is 114 Å². The van der Waals surface area contributed by atoms with Gasteiger partial charge < -0.3 is 14.4 Å². The molecule has 1 saturated heterocycles. The van der Waals surface area contributed by atoms with Crippen molar-refractivity contribution in [1.29, 1.82) is 0 Å². The molecule has 1 fully saturated rings. The van der Waals surface area contributed by atoms with Gasteiger partial charge in [0.15, 0.2) is 22.8 Å². The van der Waals surface area contributed by atoms with Crippen LogP contribution in [0.5, 0.6) is 11.5 Å². The molecule has 0 bridgehead atoms. The lowest BCUT2D eigenvalue weighted by Crippen LogP contribution is -2.49. The second kappa shape index (κ2) is 10.7. The smallest absolute Gasteiger partial charge is 0.433 e. The first kappa shape index (κ1) is 27.0. The lowest BCUT2D eigenvalue weighted by Gasteiger charge is -2.39. The van der Waals surface area contributed by atoms with E-state index in [1.54, 1.807) is 23.1 Å². The lowest BCUT2D eigenvalue weighted by atomic mass is 9.96. The zero-order valence-corrected chi connectivity index (χ0v) is 22.9. The summed E-state index contributed by atoms with van der Waals surface area (Å²) in [5.74, 6) is 0.510. The number of alkyl halides is 3. The van der Waals surface area contributed by atoms with Gasteiger partial charge in [-0.15, -0.1) is 0 Å². The maximum atomic E-state index is 14.2. The molecule has 7 rings (SSSR count). The highest BCUT2D eigenvalue weighted by atomic mass is 19.4. The summed E-state index contributed by atoms with van der Waals surface area (Å²) in [6.07, 6.45) is -3.55. The summed E-state index contributed by atoms with van der Waals surface area (Å²) in [6, 6.07) is 26.1. The SMILES string of the molecule is O=C(c1cnn2c(C(F)(F)F)cc(-c3ccc4c(c3)OCO4)nc12)N1CCN(C(c2ccccc2)c2ccccc2)CC1. The third kappa shape index (κ3) is 5.05. The summed E-state index contributed by atoms with van der Waals surface area (Å²) in [4.78, 5) is 22.2. The highest BCUT2D eigenvalue weighted by Crippen LogP contribution is 2.38. The van der Waals surface area contributed by atoms with Crippen LogP contribution in [0, 0.1) is 0 Å². The third-order valence-corrected chi connectivity index (χ3v) is 7.86. The number of carbonyl (C=O) groups is 1. The number of amides is 1. The summed E-state index contributed by atoms with van der Waals surface area (Å²) >= 11 is 0. The van der Waals surface area contributed by atoms with E-state index in [9.17, 15) is 18.0 Å². The molecule has 2 aliphatic rings. The van der Waals surface area contributed by atoms with Gasteiger partial charge in [-0.2, -0.15) is 18.3 Å². The van der Waals surface area contributed by atoms with Crippen molar-refractivity contribution in [2.24, 2.45) is 0 Å². The quantitative estimate of drug-likeness (QED) is 0.264. The molecule has 11 heteroatoms. The van der Waals surface area contributed by atoms with Gasteiger partial charge in [0.05, 0.1) is 17.9 Å². The minimum absolute atomic E-state index is 0.0110. The van der Waals surface area contributed by atoms with Gasteiger partial charge in [0.1, 0.15) is 5.56 Å². The molecule has 0 N–H and O–H groups in total. The van der Waals surface area contributed by atoms with E-state index < -0.39 is 17.8 Å². The molecule has 1 amide bonds. The Morgan fingerprint density at radius 3 is 2.12 bits per heavy atom. The Bertz CT molecular complexity index is 1750. The monoisotopic (exact) mass is 585 g/mol. The minimum Gasteiger partial charge on any atom is -0.454 e. The summed E-state index contributed by atoms with van der Waals surface area (Å²) in [7, 11) is 0. The van der Waals surface area contributed by atoms with E-state index in [1.165, 1.54) is 6.20 Å². The van der Waals surface area contributed by atoms with Crippen LogP contribution in [0.3, 0.4) is 0 Å². The number of nitrogens with zero attached hydrogens (tertiary/aromatic N) is 5. The molecule has 0 saturated carbocycles. The lowest BCUT2D eigenvalue weighted by molar-refractivity contribution is -0.142. The molecular formula is C32H26F3N5O3. The number of hydrogen-bond acceptors (Lipinski definition) is 6. The van der Waals surface area contributed by atoms with Gasteiger partial charge in [0.2, 0.25) is 6.79 Å². The third-order valence-electron chi connectivity index (χ3n) is 7.86. The van der Waals surface area contributed by atoms with Crippen molar-refractivity contribution in [3.8, 4) is 22.8 Å². The van der Waals surface area contributed by atoms with E-state index in [-0.39, 0.29) is 29.7 Å². The summed E-state index contributed by atoms with van der Waals surface area (Å²) < 4.78 is 53.9. The van der Waals surface area contributed by atoms with Gasteiger partial charge in [-0.1, -0.05) is 60.7 Å². The van der Waals surface area contributed by atoms with Gasteiger partial charge in [0.25, 0.3) is 5.91 Å². The van der Waals surface area contributed by atoms with Gasteiger partial charge in [0, 0.05) is 31.7 Å². The van der Waals surface area contributed by atoms with Crippen molar-refractivity contribution in [2.45, 2.75) is 12.2 Å². The van der Waals surface area contributed by atoms with Crippen LogP contribution in [-0.4, -0.2) is 63.3 Å². The molecule has 0 radical (unpaired) electrons. The highest BCUT2D eigenvalue weighted by Gasteiger charge is 2.37. The van der Waals surface area contributed by atoms with E-state index in [0.717, 1.165) is 17.2 Å². The molecule has 4 heterocycles. The Labute approximate surface area is 244 Å². The molecule has 8 nitrogen and oxygen atoms in total. The summed E-state index contributed by atoms with van der Waals surface area (Å²) in [5.41, 5.74) is 1.59. The first-order valence-corrected chi connectivity index (χ1v) is 13.9. The average molecular weight is 586 g/mol. The number of aromatic nitrogens is 3. The molecule has 5 aromatic rings. The fourth-order valence-electron chi connectivity index (χ4n) is 5.76. The number of hydrogen-bond donors (Lipinski definition) is 0. The molecule has 0 unspecified atom stereocenters. The van der Waals surface area contributed by atoms with Crippen molar-refractivity contribution in [1.82, 2.24) is 24.4 Å². The molecule has 0 spiro atoms. The molecule has 218 valence electrons. The van der Waals surface area contributed by atoms with Gasteiger partial charge in [-0.25, -0.2) is 9.50 Å². The van der Waals surface area contributed by atoms with Crippen LogP contribution < -0.4 is 9.47 Å². The Balaban J connectivity index is 1.18. The highest BCUT2D eigenvalue weighted by molar-refractivity contribution is 6.00. The van der Waals surface area contributed by atoms with Crippen molar-refractivity contribution >= 4 is 11.6 Å². The first-order valence-electron chi connectivity index (χ1n) is 13.9. The molecule has 3 aromatic carbocycles. The maximum Gasteiger partial charge on any atom is 0.433 e. The molecular weight excluding hydrogens is 559 g/mol. The van der Waals surface area contributed by atoms with E-state index in [2.05, 4.69) is 39.2 Å². The zero-order chi connectivity index (χ0) is 29.6. The minimum atomic E-state index is -4.73. The first-order chi connectivity index (χ1) is 20.9. The summed E-state index contributed by atoms with van der Waals surface area (Å²) in [6.45, 7) is 2.01. The van der Waals surface area contributed by atoms with Crippen LogP contribution in [0.15, 0.2) is 91.1 Å². The normalized spacial score (nSPS) is 15.4. The second-order valence-electron chi connectivity index (χ2n) is 10.4. The van der Waals surface area contributed by atoms with Gasteiger partial charge in [-0.3, -0.25) is 9.69 Å². The zero-order valence-electron chi connectivity index (χ0n) is 22.9. The van der Waals surface area contributed by atoms with Gasteiger partial charge >= 0.3 is 6.18 Å². The topological polar surface area (TPSA) is 72.2 Å². The van der Waals surface area contributed by atoms with Crippen molar-refractivity contribution in [2.75, 3.05) is 33.0 Å². The Kier molecular flexibility index (Phi) is 6.73. The van der Waals surface area contributed by atoms with Crippen LogP contribution in [0.1, 0.15) is 33.2 Å². The predicted octanol–water partition coefficient (Wildman–Crippen LogP) is 5.69. The van der Waals surface area contributed by atoms with Crippen LogP contribution in [0.25, 0.3) is 16.9 Å². The number of rotatable bonds is 5. The molecule has 2 aliphatic heterocycles. The van der Waals surface area contributed by atoms with Crippen LogP contribution >= 0.6 is 0 Å². The maximum absolute atomic E-state index is 14.2. The van der Waals surface area contributed by atoms with Crippen LogP contribution in [0.4, 0.5) is 13.2 Å². The average Bonchev–Trinajstić information content (AvgIpc) is 3.68. The number of benzene rings is 3. The van der Waals surface area contributed by atoms with Crippen LogP contribution in [0.2, 0.25) is 0 Å².